The highest BCUT2D eigenvalue weighted by Crippen LogP contribution is 2.22. The third-order valence-electron chi connectivity index (χ3n) is 1.82. The first-order valence-electron chi connectivity index (χ1n) is 3.78. The molecule has 13 heavy (non-hydrogen) atoms. The Balaban J connectivity index is 3.38. The van der Waals surface area contributed by atoms with Crippen LogP contribution in [0.25, 0.3) is 0 Å². The fraction of sp³-hybridized carbons (Fsp3) is 0.222. The number of carboxylic acids is 1. The van der Waals surface area contributed by atoms with Crippen LogP contribution < -0.4 is 5.32 Å². The Morgan fingerprint density at radius 2 is 2.15 bits per heavy atom. The maximum absolute atomic E-state index is 13.3. The van der Waals surface area contributed by atoms with Crippen molar-refractivity contribution in [3.63, 3.8) is 0 Å². The SMILES string of the molecule is CNc1c(C(=O)O)ccc(C)c1F. The van der Waals surface area contributed by atoms with Gasteiger partial charge in [0.2, 0.25) is 0 Å². The number of rotatable bonds is 2. The van der Waals surface area contributed by atoms with Gasteiger partial charge >= 0.3 is 5.97 Å². The van der Waals surface area contributed by atoms with Crippen LogP contribution in [0.5, 0.6) is 0 Å². The van der Waals surface area contributed by atoms with Gasteiger partial charge in [-0.05, 0) is 18.6 Å². The van der Waals surface area contributed by atoms with E-state index in [1.54, 1.807) is 6.92 Å². The minimum absolute atomic E-state index is 0.0347. The Kier molecular flexibility index (Phi) is 2.51. The average Bonchev–Trinajstić information content (AvgIpc) is 2.09. The van der Waals surface area contributed by atoms with Crippen LogP contribution in [0.1, 0.15) is 15.9 Å². The molecule has 1 aromatic rings. The molecule has 4 heteroatoms. The summed E-state index contributed by atoms with van der Waals surface area (Å²) in [5, 5.41) is 11.2. The Bertz CT molecular complexity index is 350. The van der Waals surface area contributed by atoms with Gasteiger partial charge in [0.25, 0.3) is 0 Å². The van der Waals surface area contributed by atoms with Crippen molar-refractivity contribution in [1.29, 1.82) is 0 Å². The van der Waals surface area contributed by atoms with Crippen LogP contribution >= 0.6 is 0 Å². The number of anilines is 1. The summed E-state index contributed by atoms with van der Waals surface area (Å²) in [5.74, 6) is -1.65. The first-order chi connectivity index (χ1) is 6.07. The lowest BCUT2D eigenvalue weighted by Gasteiger charge is -2.08. The lowest BCUT2D eigenvalue weighted by atomic mass is 10.1. The van der Waals surface area contributed by atoms with Crippen LogP contribution in [0.2, 0.25) is 0 Å². The van der Waals surface area contributed by atoms with E-state index >= 15 is 0 Å². The van der Waals surface area contributed by atoms with Crippen molar-refractivity contribution in [2.24, 2.45) is 0 Å². The Hall–Kier alpha value is -1.58. The van der Waals surface area contributed by atoms with E-state index in [0.717, 1.165) is 0 Å². The van der Waals surface area contributed by atoms with Gasteiger partial charge < -0.3 is 10.4 Å². The molecule has 0 radical (unpaired) electrons. The third kappa shape index (κ3) is 1.61. The maximum Gasteiger partial charge on any atom is 0.337 e. The maximum atomic E-state index is 13.3. The van der Waals surface area contributed by atoms with E-state index in [2.05, 4.69) is 5.32 Å². The molecule has 0 aliphatic carbocycles. The van der Waals surface area contributed by atoms with Gasteiger partial charge in [-0.1, -0.05) is 6.07 Å². The summed E-state index contributed by atoms with van der Waals surface area (Å²) in [5.41, 5.74) is 0.410. The van der Waals surface area contributed by atoms with Crippen LogP contribution in [0.3, 0.4) is 0 Å². The highest BCUT2D eigenvalue weighted by Gasteiger charge is 2.14. The van der Waals surface area contributed by atoms with Gasteiger partial charge in [0.05, 0.1) is 11.3 Å². The van der Waals surface area contributed by atoms with Gasteiger partial charge in [0, 0.05) is 7.05 Å². The molecule has 0 heterocycles. The molecule has 0 atom stereocenters. The molecule has 0 aromatic heterocycles. The fourth-order valence-electron chi connectivity index (χ4n) is 1.10. The van der Waals surface area contributed by atoms with E-state index in [0.29, 0.717) is 5.56 Å². The summed E-state index contributed by atoms with van der Waals surface area (Å²) in [7, 11) is 1.49. The van der Waals surface area contributed by atoms with Crippen LogP contribution in [0, 0.1) is 12.7 Å². The highest BCUT2D eigenvalue weighted by molar-refractivity contribution is 5.94. The monoisotopic (exact) mass is 183 g/mol. The lowest BCUT2D eigenvalue weighted by molar-refractivity contribution is 0.0697. The first kappa shape index (κ1) is 9.51. The zero-order valence-electron chi connectivity index (χ0n) is 7.39. The number of hydrogen-bond acceptors (Lipinski definition) is 2. The van der Waals surface area contributed by atoms with Crippen molar-refractivity contribution in [2.45, 2.75) is 6.92 Å². The zero-order chi connectivity index (χ0) is 10.0. The summed E-state index contributed by atoms with van der Waals surface area (Å²) in [4.78, 5) is 10.6. The molecule has 1 aromatic carbocycles. The van der Waals surface area contributed by atoms with Gasteiger partial charge in [-0.2, -0.15) is 0 Å². The molecular formula is C9H10FNO2. The molecule has 0 spiro atoms. The second-order valence-electron chi connectivity index (χ2n) is 2.67. The van der Waals surface area contributed by atoms with Crippen LogP contribution in [0.4, 0.5) is 10.1 Å². The first-order valence-corrected chi connectivity index (χ1v) is 3.78. The number of benzene rings is 1. The van der Waals surface area contributed by atoms with Gasteiger partial charge in [0.15, 0.2) is 0 Å². The highest BCUT2D eigenvalue weighted by atomic mass is 19.1. The Morgan fingerprint density at radius 3 is 2.62 bits per heavy atom. The van der Waals surface area contributed by atoms with Gasteiger partial charge in [-0.15, -0.1) is 0 Å². The minimum Gasteiger partial charge on any atom is -0.478 e. The van der Waals surface area contributed by atoms with E-state index < -0.39 is 11.8 Å². The molecule has 1 rings (SSSR count). The minimum atomic E-state index is -1.14. The van der Waals surface area contributed by atoms with Crippen molar-refractivity contribution in [2.75, 3.05) is 12.4 Å². The molecule has 0 fully saturated rings. The second kappa shape index (κ2) is 3.43. The molecular weight excluding hydrogens is 173 g/mol. The summed E-state index contributed by atoms with van der Waals surface area (Å²) >= 11 is 0. The predicted octanol–water partition coefficient (Wildman–Crippen LogP) is 1.87. The molecule has 3 nitrogen and oxygen atoms in total. The number of halogens is 1. The van der Waals surface area contributed by atoms with Gasteiger partial charge in [-0.25, -0.2) is 9.18 Å². The number of carbonyl (C=O) groups is 1. The molecule has 0 aliphatic rings. The topological polar surface area (TPSA) is 49.3 Å². The van der Waals surface area contributed by atoms with E-state index in [9.17, 15) is 9.18 Å². The third-order valence-corrected chi connectivity index (χ3v) is 1.82. The van der Waals surface area contributed by atoms with Crippen LogP contribution in [-0.4, -0.2) is 18.1 Å². The van der Waals surface area contributed by atoms with E-state index in [4.69, 9.17) is 5.11 Å². The zero-order valence-corrected chi connectivity index (χ0v) is 7.39. The molecule has 0 aliphatic heterocycles. The van der Waals surface area contributed by atoms with Crippen molar-refractivity contribution in [1.82, 2.24) is 0 Å². The number of nitrogens with one attached hydrogen (secondary N) is 1. The van der Waals surface area contributed by atoms with E-state index in [-0.39, 0.29) is 11.3 Å². The molecule has 0 saturated heterocycles. The smallest absolute Gasteiger partial charge is 0.337 e. The van der Waals surface area contributed by atoms with Crippen LogP contribution in [0.15, 0.2) is 12.1 Å². The number of aromatic carboxylic acids is 1. The number of hydrogen-bond donors (Lipinski definition) is 2. The summed E-state index contributed by atoms with van der Waals surface area (Å²) in [6.45, 7) is 1.59. The Labute approximate surface area is 75.2 Å². The summed E-state index contributed by atoms with van der Waals surface area (Å²) in [6.07, 6.45) is 0. The quantitative estimate of drug-likeness (QED) is 0.735. The molecule has 70 valence electrons. The largest absolute Gasteiger partial charge is 0.478 e. The fourth-order valence-corrected chi connectivity index (χ4v) is 1.10. The summed E-state index contributed by atoms with van der Waals surface area (Å²) < 4.78 is 13.3. The van der Waals surface area contributed by atoms with E-state index in [1.807, 2.05) is 0 Å². The molecule has 0 bridgehead atoms. The number of carboxylic acid groups (broad SMARTS) is 1. The van der Waals surface area contributed by atoms with Gasteiger partial charge in [0.1, 0.15) is 5.82 Å². The summed E-state index contributed by atoms with van der Waals surface area (Å²) in [6, 6.07) is 2.83. The normalized spacial score (nSPS) is 9.77. The van der Waals surface area contributed by atoms with Crippen molar-refractivity contribution in [3.8, 4) is 0 Å². The molecule has 0 unspecified atom stereocenters. The molecule has 2 N–H and O–H groups in total. The second-order valence-corrected chi connectivity index (χ2v) is 2.67. The van der Waals surface area contributed by atoms with Crippen molar-refractivity contribution >= 4 is 11.7 Å². The van der Waals surface area contributed by atoms with Crippen LogP contribution in [-0.2, 0) is 0 Å². The molecule has 0 saturated carbocycles. The van der Waals surface area contributed by atoms with E-state index in [1.165, 1.54) is 19.2 Å². The standard InChI is InChI=1S/C9H10FNO2/c1-5-3-4-6(9(12)13)8(11-2)7(5)10/h3-4,11H,1-2H3,(H,12,13). The van der Waals surface area contributed by atoms with Gasteiger partial charge in [-0.3, -0.25) is 0 Å². The van der Waals surface area contributed by atoms with Crippen molar-refractivity contribution in [3.05, 3.63) is 29.1 Å². The average molecular weight is 183 g/mol. The molecule has 0 amide bonds. The Morgan fingerprint density at radius 1 is 1.54 bits per heavy atom. The lowest BCUT2D eigenvalue weighted by Crippen LogP contribution is -2.05. The van der Waals surface area contributed by atoms with Crippen molar-refractivity contribution < 1.29 is 14.3 Å². The number of aryl methyl sites for hydroxylation is 1. The predicted molar refractivity (Wildman–Crippen MR) is 47.6 cm³/mol.